The molecular formula is C19H16BrN3. The zero-order valence-corrected chi connectivity index (χ0v) is 14.1. The Bertz CT molecular complexity index is 802. The number of halogens is 1. The minimum Gasteiger partial charge on any atom is -0.329 e. The topological polar surface area (TPSA) is 29.0 Å². The van der Waals surface area contributed by atoms with Crippen molar-refractivity contribution in [2.75, 3.05) is 11.4 Å². The van der Waals surface area contributed by atoms with Gasteiger partial charge in [-0.2, -0.15) is 0 Å². The van der Waals surface area contributed by atoms with Gasteiger partial charge >= 0.3 is 0 Å². The van der Waals surface area contributed by atoms with Gasteiger partial charge < -0.3 is 4.90 Å². The number of rotatable bonds is 2. The van der Waals surface area contributed by atoms with Crippen LogP contribution in [0.3, 0.4) is 0 Å². The molecule has 0 bridgehead atoms. The van der Waals surface area contributed by atoms with E-state index in [1.54, 1.807) is 0 Å². The average molecular weight is 366 g/mol. The van der Waals surface area contributed by atoms with Crippen LogP contribution in [-0.2, 0) is 6.42 Å². The van der Waals surface area contributed by atoms with Crippen molar-refractivity contribution in [3.05, 3.63) is 88.2 Å². The van der Waals surface area contributed by atoms with E-state index in [1.807, 2.05) is 12.4 Å². The molecule has 0 aliphatic carbocycles. The zero-order valence-electron chi connectivity index (χ0n) is 12.6. The van der Waals surface area contributed by atoms with Gasteiger partial charge in [0.05, 0.1) is 10.5 Å². The van der Waals surface area contributed by atoms with Crippen molar-refractivity contribution < 1.29 is 0 Å². The minimum atomic E-state index is 0.155. The number of fused-ring (bicyclic) bond motifs is 1. The average Bonchev–Trinajstić information content (AvgIpc) is 2.62. The second kappa shape index (κ2) is 6.13. The summed E-state index contributed by atoms with van der Waals surface area (Å²) in [4.78, 5) is 11.3. The fraction of sp³-hybridized carbons (Fsp3) is 0.158. The number of anilines is 1. The van der Waals surface area contributed by atoms with Crippen LogP contribution in [0.25, 0.3) is 0 Å². The predicted molar refractivity (Wildman–Crippen MR) is 95.5 cm³/mol. The van der Waals surface area contributed by atoms with Crippen molar-refractivity contribution in [2.24, 2.45) is 0 Å². The van der Waals surface area contributed by atoms with Crippen LogP contribution >= 0.6 is 15.9 Å². The van der Waals surface area contributed by atoms with Crippen LogP contribution in [-0.4, -0.2) is 16.5 Å². The predicted octanol–water partition coefficient (Wildman–Crippen LogP) is 4.39. The standard InChI is InChI=1S/C19H16BrN3/c20-16-12-21-19(22-13-16)23-11-10-14-6-4-5-9-17(14)18(23)15-7-2-1-3-8-15/h1-9,12-13,18H,10-11H2. The molecular weight excluding hydrogens is 350 g/mol. The summed E-state index contributed by atoms with van der Waals surface area (Å²) >= 11 is 3.41. The van der Waals surface area contributed by atoms with Gasteiger partial charge in [-0.1, -0.05) is 54.6 Å². The Morgan fingerprint density at radius 3 is 2.39 bits per heavy atom. The summed E-state index contributed by atoms with van der Waals surface area (Å²) < 4.78 is 0.898. The summed E-state index contributed by atoms with van der Waals surface area (Å²) in [5.74, 6) is 0.775. The van der Waals surface area contributed by atoms with Crippen LogP contribution in [0, 0.1) is 0 Å². The fourth-order valence-corrected chi connectivity index (χ4v) is 3.44. The summed E-state index contributed by atoms with van der Waals surface area (Å²) in [7, 11) is 0. The number of aromatic nitrogens is 2. The molecule has 1 aliphatic rings. The van der Waals surface area contributed by atoms with Gasteiger partial charge in [-0.15, -0.1) is 0 Å². The number of hydrogen-bond acceptors (Lipinski definition) is 3. The smallest absolute Gasteiger partial charge is 0.226 e. The Morgan fingerprint density at radius 2 is 1.61 bits per heavy atom. The second-order valence-electron chi connectivity index (χ2n) is 5.66. The lowest BCUT2D eigenvalue weighted by Gasteiger charge is -2.37. The Kier molecular flexibility index (Phi) is 3.83. The van der Waals surface area contributed by atoms with E-state index in [9.17, 15) is 0 Å². The summed E-state index contributed by atoms with van der Waals surface area (Å²) in [6, 6.07) is 19.4. The molecule has 4 rings (SSSR count). The molecule has 0 saturated carbocycles. The van der Waals surface area contributed by atoms with Gasteiger partial charge in [-0.25, -0.2) is 9.97 Å². The third-order valence-electron chi connectivity index (χ3n) is 4.26. The first-order chi connectivity index (χ1) is 11.3. The van der Waals surface area contributed by atoms with Crippen molar-refractivity contribution >= 4 is 21.9 Å². The van der Waals surface area contributed by atoms with E-state index in [0.717, 1.165) is 23.4 Å². The largest absolute Gasteiger partial charge is 0.329 e. The van der Waals surface area contributed by atoms with Gasteiger partial charge in [0, 0.05) is 18.9 Å². The van der Waals surface area contributed by atoms with Crippen molar-refractivity contribution in [3.8, 4) is 0 Å². The quantitative estimate of drug-likeness (QED) is 0.674. The van der Waals surface area contributed by atoms with Gasteiger partial charge in [-0.05, 0) is 39.0 Å². The zero-order chi connectivity index (χ0) is 15.6. The van der Waals surface area contributed by atoms with Gasteiger partial charge in [0.25, 0.3) is 0 Å². The molecule has 3 nitrogen and oxygen atoms in total. The van der Waals surface area contributed by atoms with Crippen molar-refractivity contribution in [3.63, 3.8) is 0 Å². The Morgan fingerprint density at radius 1 is 0.913 bits per heavy atom. The van der Waals surface area contributed by atoms with Crippen molar-refractivity contribution in [1.29, 1.82) is 0 Å². The molecule has 1 aromatic heterocycles. The third-order valence-corrected chi connectivity index (χ3v) is 4.67. The molecule has 2 aromatic carbocycles. The lowest BCUT2D eigenvalue weighted by Crippen LogP contribution is -2.37. The molecule has 0 fully saturated rings. The molecule has 0 spiro atoms. The lowest BCUT2D eigenvalue weighted by atomic mass is 9.88. The minimum absolute atomic E-state index is 0.155. The highest BCUT2D eigenvalue weighted by Gasteiger charge is 2.30. The highest BCUT2D eigenvalue weighted by Crippen LogP contribution is 2.36. The number of benzene rings is 2. The first-order valence-electron chi connectivity index (χ1n) is 7.70. The maximum atomic E-state index is 4.52. The normalized spacial score (nSPS) is 16.9. The molecule has 4 heteroatoms. The molecule has 0 N–H and O–H groups in total. The van der Waals surface area contributed by atoms with Crippen LogP contribution in [0.15, 0.2) is 71.5 Å². The SMILES string of the molecule is Brc1cnc(N2CCc3ccccc3C2c2ccccc2)nc1. The molecule has 23 heavy (non-hydrogen) atoms. The monoisotopic (exact) mass is 365 g/mol. The van der Waals surface area contributed by atoms with Gasteiger partial charge in [0.1, 0.15) is 0 Å². The van der Waals surface area contributed by atoms with Gasteiger partial charge in [0.2, 0.25) is 5.95 Å². The highest BCUT2D eigenvalue weighted by molar-refractivity contribution is 9.10. The molecule has 1 unspecified atom stereocenters. The Labute approximate surface area is 144 Å². The van der Waals surface area contributed by atoms with E-state index in [1.165, 1.54) is 16.7 Å². The van der Waals surface area contributed by atoms with E-state index >= 15 is 0 Å². The Balaban J connectivity index is 1.84. The number of hydrogen-bond donors (Lipinski definition) is 0. The second-order valence-corrected chi connectivity index (χ2v) is 6.57. The Hall–Kier alpha value is -2.20. The molecule has 0 saturated heterocycles. The van der Waals surface area contributed by atoms with Crippen molar-refractivity contribution in [2.45, 2.75) is 12.5 Å². The highest BCUT2D eigenvalue weighted by atomic mass is 79.9. The third kappa shape index (κ3) is 2.75. The first-order valence-corrected chi connectivity index (χ1v) is 8.49. The van der Waals surface area contributed by atoms with E-state index in [2.05, 4.69) is 85.4 Å². The molecule has 3 aromatic rings. The summed E-state index contributed by atoms with van der Waals surface area (Å²) in [6.45, 7) is 0.915. The van der Waals surface area contributed by atoms with E-state index in [-0.39, 0.29) is 6.04 Å². The molecule has 1 aliphatic heterocycles. The first kappa shape index (κ1) is 14.4. The summed E-state index contributed by atoms with van der Waals surface area (Å²) in [6.07, 6.45) is 4.63. The van der Waals surface area contributed by atoms with Crippen LogP contribution in [0.5, 0.6) is 0 Å². The van der Waals surface area contributed by atoms with Crippen LogP contribution in [0.2, 0.25) is 0 Å². The lowest BCUT2D eigenvalue weighted by molar-refractivity contribution is 0.634. The van der Waals surface area contributed by atoms with Crippen LogP contribution in [0.4, 0.5) is 5.95 Å². The fourth-order valence-electron chi connectivity index (χ4n) is 3.23. The van der Waals surface area contributed by atoms with E-state index in [4.69, 9.17) is 0 Å². The van der Waals surface area contributed by atoms with Crippen molar-refractivity contribution in [1.82, 2.24) is 9.97 Å². The maximum absolute atomic E-state index is 4.52. The van der Waals surface area contributed by atoms with E-state index < -0.39 is 0 Å². The van der Waals surface area contributed by atoms with Crippen LogP contribution in [0.1, 0.15) is 22.7 Å². The molecule has 0 radical (unpaired) electrons. The molecule has 1 atom stereocenters. The maximum Gasteiger partial charge on any atom is 0.226 e. The molecule has 2 heterocycles. The van der Waals surface area contributed by atoms with Gasteiger partial charge in [-0.3, -0.25) is 0 Å². The summed E-state index contributed by atoms with van der Waals surface area (Å²) in [5, 5.41) is 0. The summed E-state index contributed by atoms with van der Waals surface area (Å²) in [5.41, 5.74) is 4.03. The van der Waals surface area contributed by atoms with Crippen LogP contribution < -0.4 is 4.90 Å². The van der Waals surface area contributed by atoms with Gasteiger partial charge in [0.15, 0.2) is 0 Å². The van der Waals surface area contributed by atoms with E-state index in [0.29, 0.717) is 0 Å². The molecule has 0 amide bonds. The molecule has 114 valence electrons. The number of nitrogens with zero attached hydrogens (tertiary/aromatic N) is 3.